The van der Waals surface area contributed by atoms with Gasteiger partial charge in [-0.3, -0.25) is 10.5 Å². The summed E-state index contributed by atoms with van der Waals surface area (Å²) < 4.78 is 19.4. The zero-order valence-electron chi connectivity index (χ0n) is 13.2. The van der Waals surface area contributed by atoms with Crippen LogP contribution in [0.5, 0.6) is 0 Å². The van der Waals surface area contributed by atoms with Crippen molar-refractivity contribution in [1.29, 1.82) is 5.26 Å². The quantitative estimate of drug-likeness (QED) is 0.864. The average molecular weight is 314 g/mol. The van der Waals surface area contributed by atoms with Crippen LogP contribution in [0.1, 0.15) is 38.2 Å². The summed E-state index contributed by atoms with van der Waals surface area (Å²) in [6.07, 6.45) is 0.147. The van der Waals surface area contributed by atoms with Gasteiger partial charge in [-0.15, -0.1) is 0 Å². The second-order valence-corrected chi connectivity index (χ2v) is 7.05. The lowest BCUT2D eigenvalue weighted by atomic mass is 9.68. The molecule has 0 amide bonds. The van der Waals surface area contributed by atoms with Crippen molar-refractivity contribution >= 4 is 5.78 Å². The number of Topliss-reactive ketones (excluding diaryl/α,β-unsaturated/α-hetero) is 1. The number of halogens is 1. The second kappa shape index (κ2) is 5.47. The molecule has 0 saturated heterocycles. The van der Waals surface area contributed by atoms with Crippen LogP contribution in [-0.2, 0) is 9.53 Å². The Morgan fingerprint density at radius 3 is 2.78 bits per heavy atom. The molecule has 1 aromatic rings. The van der Waals surface area contributed by atoms with Crippen molar-refractivity contribution in [2.24, 2.45) is 17.1 Å². The number of rotatable bonds is 1. The van der Waals surface area contributed by atoms with Gasteiger partial charge < -0.3 is 4.74 Å². The van der Waals surface area contributed by atoms with Gasteiger partial charge in [0.15, 0.2) is 12.0 Å². The SMILES string of the molecule is CC1(C)CC(=O)C2=C(C1)OC(N)C(C#N)C2c1cccc(F)c1. The Hall–Kier alpha value is -2.19. The van der Waals surface area contributed by atoms with Crippen molar-refractivity contribution in [3.63, 3.8) is 0 Å². The normalized spacial score (nSPS) is 29.5. The van der Waals surface area contributed by atoms with E-state index in [1.54, 1.807) is 12.1 Å². The second-order valence-electron chi connectivity index (χ2n) is 7.05. The molecular formula is C18H19FN2O2. The maximum Gasteiger partial charge on any atom is 0.164 e. The van der Waals surface area contributed by atoms with E-state index in [-0.39, 0.29) is 11.2 Å². The Bertz CT molecular complexity index is 733. The Morgan fingerprint density at radius 1 is 1.39 bits per heavy atom. The molecule has 4 nitrogen and oxygen atoms in total. The number of ether oxygens (including phenoxy) is 1. The van der Waals surface area contributed by atoms with Gasteiger partial charge in [-0.1, -0.05) is 26.0 Å². The molecule has 5 heteroatoms. The van der Waals surface area contributed by atoms with E-state index in [4.69, 9.17) is 10.5 Å². The highest BCUT2D eigenvalue weighted by molar-refractivity contribution is 5.99. The van der Waals surface area contributed by atoms with Gasteiger partial charge in [-0.05, 0) is 23.1 Å². The molecule has 0 bridgehead atoms. The van der Waals surface area contributed by atoms with Crippen molar-refractivity contribution in [1.82, 2.24) is 0 Å². The van der Waals surface area contributed by atoms with Gasteiger partial charge in [0, 0.05) is 24.3 Å². The zero-order valence-corrected chi connectivity index (χ0v) is 13.2. The van der Waals surface area contributed by atoms with Crippen LogP contribution in [-0.4, -0.2) is 12.0 Å². The summed E-state index contributed by atoms with van der Waals surface area (Å²) in [5.74, 6) is -1.15. The Balaban J connectivity index is 2.16. The van der Waals surface area contributed by atoms with Crippen LogP contribution in [0.2, 0.25) is 0 Å². The molecule has 3 atom stereocenters. The summed E-state index contributed by atoms with van der Waals surface area (Å²) in [5, 5.41) is 9.50. The van der Waals surface area contributed by atoms with Crippen LogP contribution >= 0.6 is 0 Å². The lowest BCUT2D eigenvalue weighted by Crippen LogP contribution is -2.44. The van der Waals surface area contributed by atoms with Crippen molar-refractivity contribution < 1.29 is 13.9 Å². The Labute approximate surface area is 134 Å². The van der Waals surface area contributed by atoms with Crippen LogP contribution in [0.3, 0.4) is 0 Å². The van der Waals surface area contributed by atoms with Gasteiger partial charge in [0.05, 0.1) is 6.07 Å². The highest BCUT2D eigenvalue weighted by Crippen LogP contribution is 2.48. The van der Waals surface area contributed by atoms with E-state index in [0.717, 1.165) is 0 Å². The maximum atomic E-state index is 13.6. The number of ketones is 1. The van der Waals surface area contributed by atoms with E-state index in [2.05, 4.69) is 6.07 Å². The molecule has 3 rings (SSSR count). The summed E-state index contributed by atoms with van der Waals surface area (Å²) in [6, 6.07) is 8.15. The van der Waals surface area contributed by atoms with Gasteiger partial charge in [0.1, 0.15) is 17.5 Å². The highest BCUT2D eigenvalue weighted by atomic mass is 19.1. The number of carbonyl (C=O) groups is 1. The van der Waals surface area contributed by atoms with Crippen LogP contribution < -0.4 is 5.73 Å². The van der Waals surface area contributed by atoms with Crippen LogP contribution in [0.25, 0.3) is 0 Å². The first-order valence-corrected chi connectivity index (χ1v) is 7.66. The molecule has 1 aromatic carbocycles. The lowest BCUT2D eigenvalue weighted by molar-refractivity contribution is -0.120. The Kier molecular flexibility index (Phi) is 3.73. The van der Waals surface area contributed by atoms with Gasteiger partial charge in [0.25, 0.3) is 0 Å². The third kappa shape index (κ3) is 2.75. The van der Waals surface area contributed by atoms with Gasteiger partial charge in [-0.2, -0.15) is 5.26 Å². The first kappa shape index (κ1) is 15.7. The first-order chi connectivity index (χ1) is 10.8. The summed E-state index contributed by atoms with van der Waals surface area (Å²) in [7, 11) is 0. The monoisotopic (exact) mass is 314 g/mol. The van der Waals surface area contributed by atoms with Gasteiger partial charge in [-0.25, -0.2) is 4.39 Å². The van der Waals surface area contributed by atoms with Gasteiger partial charge in [0.2, 0.25) is 0 Å². The third-order valence-corrected chi connectivity index (χ3v) is 4.54. The molecule has 1 aliphatic carbocycles. The minimum absolute atomic E-state index is 0.0438. The van der Waals surface area contributed by atoms with Gasteiger partial charge >= 0.3 is 0 Å². The van der Waals surface area contributed by atoms with Crippen LogP contribution in [0.4, 0.5) is 4.39 Å². The smallest absolute Gasteiger partial charge is 0.164 e. The molecule has 0 spiro atoms. The molecule has 2 N–H and O–H groups in total. The molecule has 0 fully saturated rings. The summed E-state index contributed by atoms with van der Waals surface area (Å²) in [4.78, 5) is 12.7. The van der Waals surface area contributed by atoms with Crippen molar-refractivity contribution in [3.05, 3.63) is 47.0 Å². The van der Waals surface area contributed by atoms with E-state index in [1.165, 1.54) is 12.1 Å². The summed E-state index contributed by atoms with van der Waals surface area (Å²) >= 11 is 0. The standard InChI is InChI=1S/C18H19FN2O2/c1-18(2)7-13(22)16-14(8-18)23-17(21)12(9-20)15(16)10-4-3-5-11(19)6-10/h3-6,12,15,17H,7-8,21H2,1-2H3. The predicted molar refractivity (Wildman–Crippen MR) is 82.4 cm³/mol. The Morgan fingerprint density at radius 2 is 2.13 bits per heavy atom. The predicted octanol–water partition coefficient (Wildman–Crippen LogP) is 3.01. The maximum absolute atomic E-state index is 13.6. The van der Waals surface area contributed by atoms with E-state index >= 15 is 0 Å². The fourth-order valence-electron chi connectivity index (χ4n) is 3.56. The number of hydrogen-bond donors (Lipinski definition) is 1. The molecule has 120 valence electrons. The van der Waals surface area contributed by atoms with E-state index in [1.807, 2.05) is 13.8 Å². The molecule has 23 heavy (non-hydrogen) atoms. The molecule has 1 heterocycles. The van der Waals surface area contributed by atoms with E-state index < -0.39 is 23.9 Å². The summed E-state index contributed by atoms with van der Waals surface area (Å²) in [5.41, 5.74) is 6.89. The molecule has 3 unspecified atom stereocenters. The van der Waals surface area contributed by atoms with Crippen molar-refractivity contribution in [2.75, 3.05) is 0 Å². The van der Waals surface area contributed by atoms with Crippen molar-refractivity contribution in [2.45, 2.75) is 38.8 Å². The number of nitriles is 1. The number of nitrogens with two attached hydrogens (primary N) is 1. The summed E-state index contributed by atoms with van der Waals surface area (Å²) in [6.45, 7) is 3.99. The number of benzene rings is 1. The van der Waals surface area contributed by atoms with Crippen LogP contribution in [0, 0.1) is 28.5 Å². The minimum Gasteiger partial charge on any atom is -0.478 e. The molecule has 1 aliphatic heterocycles. The molecule has 0 aromatic heterocycles. The highest BCUT2D eigenvalue weighted by Gasteiger charge is 2.46. The van der Waals surface area contributed by atoms with E-state index in [0.29, 0.717) is 29.7 Å². The number of carbonyl (C=O) groups excluding carboxylic acids is 1. The number of allylic oxidation sites excluding steroid dienone is 2. The molecule has 0 radical (unpaired) electrons. The number of hydrogen-bond acceptors (Lipinski definition) is 4. The van der Waals surface area contributed by atoms with Crippen molar-refractivity contribution in [3.8, 4) is 6.07 Å². The average Bonchev–Trinajstić information content (AvgIpc) is 2.44. The third-order valence-electron chi connectivity index (χ3n) is 4.54. The largest absolute Gasteiger partial charge is 0.478 e. The fourth-order valence-corrected chi connectivity index (χ4v) is 3.56. The van der Waals surface area contributed by atoms with Crippen LogP contribution in [0.15, 0.2) is 35.6 Å². The number of nitrogens with zero attached hydrogens (tertiary/aromatic N) is 1. The lowest BCUT2D eigenvalue weighted by Gasteiger charge is -2.41. The molecule has 0 saturated carbocycles. The molecular weight excluding hydrogens is 295 g/mol. The van der Waals surface area contributed by atoms with E-state index in [9.17, 15) is 14.4 Å². The fraction of sp³-hybridized carbons (Fsp3) is 0.444. The first-order valence-electron chi connectivity index (χ1n) is 7.66. The topological polar surface area (TPSA) is 76.1 Å². The minimum atomic E-state index is -0.825. The zero-order chi connectivity index (χ0) is 16.8. The molecule has 2 aliphatic rings.